The van der Waals surface area contributed by atoms with E-state index in [4.69, 9.17) is 15.5 Å². The number of para-hydroxylation sites is 1. The second-order valence-electron chi connectivity index (χ2n) is 7.78. The average Bonchev–Trinajstić information content (AvgIpc) is 3.11. The van der Waals surface area contributed by atoms with Gasteiger partial charge in [0, 0.05) is 36.6 Å². The van der Waals surface area contributed by atoms with Crippen molar-refractivity contribution in [3.05, 3.63) is 84.2 Å². The highest BCUT2D eigenvalue weighted by Gasteiger charge is 2.21. The van der Waals surface area contributed by atoms with Crippen molar-refractivity contribution in [3.8, 4) is 17.0 Å². The number of methoxy groups -OCH3 is 1. The van der Waals surface area contributed by atoms with Gasteiger partial charge in [0.25, 0.3) is 0 Å². The number of pyridine rings is 1. The molecule has 4 rings (SSSR count). The van der Waals surface area contributed by atoms with Crippen molar-refractivity contribution in [2.24, 2.45) is 0 Å². The molecule has 30 heavy (non-hydrogen) atoms. The van der Waals surface area contributed by atoms with Crippen LogP contribution in [0.4, 0.5) is 5.69 Å². The Balaban J connectivity index is 1.82. The summed E-state index contributed by atoms with van der Waals surface area (Å²) in [6.45, 7) is 6.05. The highest BCUT2D eigenvalue weighted by atomic mass is 16.5. The maximum absolute atomic E-state index is 6.12. The van der Waals surface area contributed by atoms with Gasteiger partial charge in [0.2, 0.25) is 0 Å². The summed E-state index contributed by atoms with van der Waals surface area (Å²) in [6.07, 6.45) is 1.96. The van der Waals surface area contributed by atoms with Gasteiger partial charge in [-0.3, -0.25) is 4.90 Å². The molecule has 0 aliphatic rings. The van der Waals surface area contributed by atoms with E-state index in [9.17, 15) is 0 Å². The van der Waals surface area contributed by atoms with Gasteiger partial charge in [-0.05, 0) is 43.7 Å². The molecule has 0 atom stereocenters. The lowest BCUT2D eigenvalue weighted by Gasteiger charge is -2.27. The van der Waals surface area contributed by atoms with Crippen molar-refractivity contribution in [1.29, 1.82) is 0 Å². The zero-order chi connectivity index (χ0) is 21.1. The van der Waals surface area contributed by atoms with Gasteiger partial charge in [-0.1, -0.05) is 42.5 Å². The quantitative estimate of drug-likeness (QED) is 0.474. The van der Waals surface area contributed by atoms with Crippen LogP contribution in [0, 0.1) is 0 Å². The van der Waals surface area contributed by atoms with E-state index in [1.807, 2.05) is 36.5 Å². The predicted octanol–water partition coefficient (Wildman–Crippen LogP) is 5.00. The molecule has 154 valence electrons. The van der Waals surface area contributed by atoms with Crippen LogP contribution in [0.5, 0.6) is 5.75 Å². The SMILES string of the molecule is COc1ccccc1-c1nc2ccc(N)cn2c1CN(Cc1ccccc1)C(C)C. The number of rotatable bonds is 7. The fourth-order valence-corrected chi connectivity index (χ4v) is 3.75. The van der Waals surface area contributed by atoms with Crippen LogP contribution in [-0.2, 0) is 13.1 Å². The average molecular weight is 401 g/mol. The molecule has 4 aromatic rings. The molecule has 0 unspecified atom stereocenters. The van der Waals surface area contributed by atoms with E-state index < -0.39 is 0 Å². The van der Waals surface area contributed by atoms with Gasteiger partial charge in [-0.25, -0.2) is 4.98 Å². The number of nitrogens with two attached hydrogens (primary N) is 1. The summed E-state index contributed by atoms with van der Waals surface area (Å²) in [6, 6.07) is 22.8. The van der Waals surface area contributed by atoms with E-state index in [2.05, 4.69) is 59.5 Å². The maximum Gasteiger partial charge on any atom is 0.137 e. The highest BCUT2D eigenvalue weighted by Crippen LogP contribution is 2.33. The number of nitrogen functional groups attached to an aromatic ring is 1. The monoisotopic (exact) mass is 400 g/mol. The first-order valence-electron chi connectivity index (χ1n) is 10.2. The number of benzene rings is 2. The summed E-state index contributed by atoms with van der Waals surface area (Å²) in [5, 5.41) is 0. The first kappa shape index (κ1) is 20.0. The molecule has 2 aromatic heterocycles. The van der Waals surface area contributed by atoms with Crippen molar-refractivity contribution < 1.29 is 4.74 Å². The molecular formula is C25H28N4O. The largest absolute Gasteiger partial charge is 0.496 e. The Bertz CT molecular complexity index is 1130. The Kier molecular flexibility index (Phi) is 5.72. The normalized spacial score (nSPS) is 11.5. The molecule has 0 spiro atoms. The molecule has 0 saturated heterocycles. The highest BCUT2D eigenvalue weighted by molar-refractivity contribution is 5.72. The fourth-order valence-electron chi connectivity index (χ4n) is 3.75. The third kappa shape index (κ3) is 4.02. The number of aromatic nitrogens is 2. The Morgan fingerprint density at radius 2 is 1.70 bits per heavy atom. The molecule has 0 aliphatic heterocycles. The third-order valence-corrected chi connectivity index (χ3v) is 5.41. The maximum atomic E-state index is 6.12. The van der Waals surface area contributed by atoms with Gasteiger partial charge in [0.15, 0.2) is 0 Å². The van der Waals surface area contributed by atoms with Crippen molar-refractivity contribution >= 4 is 11.3 Å². The molecular weight excluding hydrogens is 372 g/mol. The van der Waals surface area contributed by atoms with Crippen LogP contribution in [0.1, 0.15) is 25.1 Å². The standard InChI is InChI=1S/C25H28N4O/c1-18(2)28(15-19-9-5-4-6-10-19)17-22-25(21-11-7-8-12-23(21)30-3)27-24-14-13-20(26)16-29(22)24/h4-14,16,18H,15,17,26H2,1-3H3. The zero-order valence-electron chi connectivity index (χ0n) is 17.7. The van der Waals surface area contributed by atoms with Crippen molar-refractivity contribution in [2.45, 2.75) is 33.0 Å². The Labute approximate surface area is 177 Å². The minimum atomic E-state index is 0.363. The van der Waals surface area contributed by atoms with Crippen LogP contribution in [0.25, 0.3) is 16.9 Å². The molecule has 5 heteroatoms. The summed E-state index contributed by atoms with van der Waals surface area (Å²) in [5.41, 5.74) is 12.0. The Morgan fingerprint density at radius 1 is 0.967 bits per heavy atom. The minimum Gasteiger partial charge on any atom is -0.496 e. The molecule has 5 nitrogen and oxygen atoms in total. The summed E-state index contributed by atoms with van der Waals surface area (Å²) < 4.78 is 7.74. The lowest BCUT2D eigenvalue weighted by Crippen LogP contribution is -2.30. The minimum absolute atomic E-state index is 0.363. The first-order chi connectivity index (χ1) is 14.6. The Morgan fingerprint density at radius 3 is 2.43 bits per heavy atom. The van der Waals surface area contributed by atoms with Crippen LogP contribution in [0.2, 0.25) is 0 Å². The summed E-state index contributed by atoms with van der Waals surface area (Å²) in [4.78, 5) is 7.40. The first-order valence-corrected chi connectivity index (χ1v) is 10.2. The van der Waals surface area contributed by atoms with Gasteiger partial charge < -0.3 is 14.9 Å². The smallest absolute Gasteiger partial charge is 0.137 e. The fraction of sp³-hybridized carbons (Fsp3) is 0.240. The lowest BCUT2D eigenvalue weighted by molar-refractivity contribution is 0.201. The lowest BCUT2D eigenvalue weighted by atomic mass is 10.1. The van der Waals surface area contributed by atoms with E-state index in [-0.39, 0.29) is 0 Å². The van der Waals surface area contributed by atoms with Gasteiger partial charge in [-0.15, -0.1) is 0 Å². The molecule has 2 N–H and O–H groups in total. The van der Waals surface area contributed by atoms with E-state index in [0.29, 0.717) is 11.7 Å². The Hall–Kier alpha value is -3.31. The van der Waals surface area contributed by atoms with E-state index in [1.165, 1.54) is 5.56 Å². The molecule has 2 heterocycles. The van der Waals surface area contributed by atoms with Crippen LogP contribution in [0.15, 0.2) is 72.9 Å². The molecule has 0 bridgehead atoms. The molecule has 2 aromatic carbocycles. The van der Waals surface area contributed by atoms with Crippen molar-refractivity contribution in [2.75, 3.05) is 12.8 Å². The number of anilines is 1. The van der Waals surface area contributed by atoms with E-state index in [1.54, 1.807) is 7.11 Å². The second-order valence-corrected chi connectivity index (χ2v) is 7.78. The molecule has 0 aliphatic carbocycles. The zero-order valence-corrected chi connectivity index (χ0v) is 17.7. The topological polar surface area (TPSA) is 55.8 Å². The third-order valence-electron chi connectivity index (χ3n) is 5.41. The predicted molar refractivity (Wildman–Crippen MR) is 122 cm³/mol. The number of imidazole rings is 1. The summed E-state index contributed by atoms with van der Waals surface area (Å²) in [5.74, 6) is 0.814. The number of nitrogens with zero attached hydrogens (tertiary/aromatic N) is 3. The summed E-state index contributed by atoms with van der Waals surface area (Å²) in [7, 11) is 1.70. The molecule has 0 fully saturated rings. The van der Waals surface area contributed by atoms with Crippen LogP contribution < -0.4 is 10.5 Å². The number of hydrogen-bond donors (Lipinski definition) is 1. The van der Waals surface area contributed by atoms with Gasteiger partial charge in [-0.2, -0.15) is 0 Å². The van der Waals surface area contributed by atoms with E-state index >= 15 is 0 Å². The van der Waals surface area contributed by atoms with Crippen LogP contribution in [-0.4, -0.2) is 27.4 Å². The van der Waals surface area contributed by atoms with Crippen molar-refractivity contribution in [1.82, 2.24) is 14.3 Å². The second kappa shape index (κ2) is 8.59. The number of ether oxygens (including phenoxy) is 1. The van der Waals surface area contributed by atoms with Crippen LogP contribution >= 0.6 is 0 Å². The van der Waals surface area contributed by atoms with Crippen LogP contribution in [0.3, 0.4) is 0 Å². The molecule has 0 saturated carbocycles. The van der Waals surface area contributed by atoms with Gasteiger partial charge >= 0.3 is 0 Å². The van der Waals surface area contributed by atoms with Crippen molar-refractivity contribution in [3.63, 3.8) is 0 Å². The number of fused-ring (bicyclic) bond motifs is 1. The molecule has 0 radical (unpaired) electrons. The van der Waals surface area contributed by atoms with Gasteiger partial charge in [0.1, 0.15) is 11.4 Å². The van der Waals surface area contributed by atoms with Gasteiger partial charge in [0.05, 0.1) is 18.5 Å². The van der Waals surface area contributed by atoms with E-state index in [0.717, 1.165) is 41.4 Å². The summed E-state index contributed by atoms with van der Waals surface area (Å²) >= 11 is 0. The molecule has 0 amide bonds. The number of hydrogen-bond acceptors (Lipinski definition) is 4.